The fourth-order valence-electron chi connectivity index (χ4n) is 2.72. The molecule has 0 bridgehead atoms. The third-order valence-electron chi connectivity index (χ3n) is 3.81. The predicted molar refractivity (Wildman–Crippen MR) is 81.4 cm³/mol. The van der Waals surface area contributed by atoms with Crippen LogP contribution in [0.4, 0.5) is 0 Å². The van der Waals surface area contributed by atoms with Gasteiger partial charge in [0.05, 0.1) is 0 Å². The molecule has 2 heterocycles. The van der Waals surface area contributed by atoms with Gasteiger partial charge in [-0.15, -0.1) is 11.5 Å². The molecule has 1 aromatic heterocycles. The van der Waals surface area contributed by atoms with Gasteiger partial charge < -0.3 is 5.32 Å². The Bertz CT molecular complexity index is 746. The van der Waals surface area contributed by atoms with Crippen LogP contribution in [0.15, 0.2) is 35.5 Å². The molecule has 22 heavy (non-hydrogen) atoms. The van der Waals surface area contributed by atoms with E-state index < -0.39 is 10.0 Å². The van der Waals surface area contributed by atoms with Crippen LogP contribution in [0, 0.1) is 6.07 Å². The topological polar surface area (TPSA) is 62.3 Å². The van der Waals surface area contributed by atoms with Crippen molar-refractivity contribution in [2.45, 2.75) is 24.3 Å². The summed E-state index contributed by atoms with van der Waals surface area (Å²) in [5, 5.41) is 4.66. The Balaban J connectivity index is 0.00000176. The van der Waals surface area contributed by atoms with E-state index in [-0.39, 0.29) is 38.8 Å². The Morgan fingerprint density at radius 2 is 2.23 bits per heavy atom. The van der Waals surface area contributed by atoms with E-state index >= 15 is 0 Å². The number of hydrogen-bond donors (Lipinski definition) is 1. The molecular formula is C15H18N3O2SY-. The van der Waals surface area contributed by atoms with Crippen molar-refractivity contribution in [1.29, 1.82) is 0 Å². The largest absolute Gasteiger partial charge is 0.315 e. The third-order valence-corrected chi connectivity index (χ3v) is 5.86. The van der Waals surface area contributed by atoms with E-state index in [1.165, 1.54) is 6.20 Å². The zero-order valence-corrected chi connectivity index (χ0v) is 16.1. The molecule has 0 spiro atoms. The first-order chi connectivity index (χ1) is 10.1. The first-order valence-corrected chi connectivity index (χ1v) is 8.51. The molecular weight excluding hydrogens is 375 g/mol. The molecule has 1 aliphatic heterocycles. The number of aromatic nitrogens is 1. The van der Waals surface area contributed by atoms with Gasteiger partial charge in [-0.2, -0.15) is 11.5 Å². The number of benzene rings is 1. The summed E-state index contributed by atoms with van der Waals surface area (Å²) in [5.41, 5.74) is 0. The van der Waals surface area contributed by atoms with Crippen LogP contribution < -0.4 is 5.32 Å². The molecule has 3 rings (SSSR count). The maximum absolute atomic E-state index is 13.0. The minimum absolute atomic E-state index is 0. The van der Waals surface area contributed by atoms with Crippen molar-refractivity contribution in [2.75, 3.05) is 19.6 Å². The number of rotatable bonds is 2. The molecule has 1 saturated heterocycles. The van der Waals surface area contributed by atoms with Crippen LogP contribution in [-0.2, 0) is 42.7 Å². The quantitative estimate of drug-likeness (QED) is 0.784. The second kappa shape index (κ2) is 7.45. The van der Waals surface area contributed by atoms with Crippen LogP contribution in [0.3, 0.4) is 0 Å². The number of nitrogens with one attached hydrogen (secondary N) is 1. The zero-order chi connectivity index (χ0) is 14.9. The first kappa shape index (κ1) is 17.9. The summed E-state index contributed by atoms with van der Waals surface area (Å²) in [6, 6.07) is 8.16. The van der Waals surface area contributed by atoms with E-state index in [9.17, 15) is 8.42 Å². The summed E-state index contributed by atoms with van der Waals surface area (Å²) < 4.78 is 27.6. The summed E-state index contributed by atoms with van der Waals surface area (Å²) in [6.45, 7) is 4.00. The molecule has 0 amide bonds. The standard InChI is InChI=1S/C15H18N3O2S.Y/c1-12-10-16-7-3-9-18(12)21(19,20)15-5-2-4-13-11-17-8-6-14(13)15;/h2,4-5,8,11-12,16H,3,7,9-10H2,1H3;/q-1;/t12-;/m0./s1. The number of nitrogens with zero attached hydrogens (tertiary/aromatic N) is 2. The van der Waals surface area contributed by atoms with Gasteiger partial charge in [0.2, 0.25) is 0 Å². The minimum Gasteiger partial charge on any atom is -0.315 e. The molecule has 1 N–H and O–H groups in total. The Hall–Kier alpha value is -0.396. The maximum atomic E-state index is 13.0. The van der Waals surface area contributed by atoms with Crippen molar-refractivity contribution in [1.82, 2.24) is 14.6 Å². The Morgan fingerprint density at radius 3 is 3.05 bits per heavy atom. The summed E-state index contributed by atoms with van der Waals surface area (Å²) >= 11 is 0. The molecule has 7 heteroatoms. The fraction of sp³-hybridized carbons (Fsp3) is 0.400. The SMILES string of the molecule is C[C@H]1CNCCCN1S(=O)(=O)c1cccc2cnc[c-]c12.[Y]. The van der Waals surface area contributed by atoms with Gasteiger partial charge in [0.25, 0.3) is 0 Å². The average molecular weight is 393 g/mol. The van der Waals surface area contributed by atoms with Crippen LogP contribution >= 0.6 is 0 Å². The van der Waals surface area contributed by atoms with Gasteiger partial charge in [-0.25, -0.2) is 12.7 Å². The Labute approximate surface area is 156 Å². The zero-order valence-electron chi connectivity index (χ0n) is 12.5. The third kappa shape index (κ3) is 3.41. The average Bonchev–Trinajstić information content (AvgIpc) is 2.71. The number of sulfonamides is 1. The number of pyridine rings is 1. The fourth-order valence-corrected chi connectivity index (χ4v) is 4.58. The Morgan fingerprint density at radius 1 is 1.41 bits per heavy atom. The van der Waals surface area contributed by atoms with Crippen molar-refractivity contribution in [3.63, 3.8) is 0 Å². The normalized spacial score (nSPS) is 20.3. The molecule has 0 unspecified atom stereocenters. The van der Waals surface area contributed by atoms with Crippen LogP contribution in [0.5, 0.6) is 0 Å². The van der Waals surface area contributed by atoms with Crippen molar-refractivity contribution in [2.24, 2.45) is 0 Å². The van der Waals surface area contributed by atoms with E-state index in [2.05, 4.69) is 16.4 Å². The van der Waals surface area contributed by atoms with Crippen LogP contribution in [-0.4, -0.2) is 43.4 Å². The molecule has 0 aliphatic carbocycles. The molecule has 1 aliphatic rings. The molecule has 1 fully saturated rings. The van der Waals surface area contributed by atoms with E-state index in [1.54, 1.807) is 22.6 Å². The second-order valence-electron chi connectivity index (χ2n) is 5.29. The van der Waals surface area contributed by atoms with Crippen molar-refractivity contribution in [3.8, 4) is 0 Å². The predicted octanol–water partition coefficient (Wildman–Crippen LogP) is 1.40. The van der Waals surface area contributed by atoms with E-state index in [0.717, 1.165) is 18.4 Å². The van der Waals surface area contributed by atoms with E-state index in [0.29, 0.717) is 23.4 Å². The monoisotopic (exact) mass is 393 g/mol. The Kier molecular flexibility index (Phi) is 6.08. The van der Waals surface area contributed by atoms with Crippen molar-refractivity contribution in [3.05, 3.63) is 36.7 Å². The van der Waals surface area contributed by atoms with Gasteiger partial charge in [0.1, 0.15) is 0 Å². The minimum atomic E-state index is -3.53. The van der Waals surface area contributed by atoms with Crippen LogP contribution in [0.1, 0.15) is 13.3 Å². The summed E-state index contributed by atoms with van der Waals surface area (Å²) in [7, 11) is -3.53. The van der Waals surface area contributed by atoms with Gasteiger partial charge in [0.15, 0.2) is 10.0 Å². The molecule has 5 nitrogen and oxygen atoms in total. The number of hydrogen-bond acceptors (Lipinski definition) is 4. The molecule has 1 atom stereocenters. The number of fused-ring (bicyclic) bond motifs is 1. The molecule has 1 aromatic carbocycles. The smallest absolute Gasteiger partial charge is 0.197 e. The first-order valence-electron chi connectivity index (χ1n) is 7.07. The molecule has 2 aromatic rings. The van der Waals surface area contributed by atoms with Crippen molar-refractivity contribution < 1.29 is 41.1 Å². The molecule has 115 valence electrons. The molecule has 0 saturated carbocycles. The van der Waals surface area contributed by atoms with E-state index in [4.69, 9.17) is 0 Å². The van der Waals surface area contributed by atoms with Gasteiger partial charge in [-0.1, -0.05) is 12.1 Å². The summed E-state index contributed by atoms with van der Waals surface area (Å²) in [6.07, 6.45) is 3.99. The van der Waals surface area contributed by atoms with E-state index in [1.807, 2.05) is 13.0 Å². The summed E-state index contributed by atoms with van der Waals surface area (Å²) in [5.74, 6) is 0. The van der Waals surface area contributed by atoms with Crippen molar-refractivity contribution >= 4 is 20.8 Å². The van der Waals surface area contributed by atoms with Gasteiger partial charge in [-0.05, 0) is 37.2 Å². The summed E-state index contributed by atoms with van der Waals surface area (Å²) in [4.78, 5) is 4.32. The maximum Gasteiger partial charge on any atom is 0.197 e. The van der Waals surface area contributed by atoms with Gasteiger partial charge in [-0.3, -0.25) is 4.98 Å². The van der Waals surface area contributed by atoms with Gasteiger partial charge in [0, 0.05) is 51.8 Å². The van der Waals surface area contributed by atoms with Crippen LogP contribution in [0.25, 0.3) is 10.8 Å². The van der Waals surface area contributed by atoms with Crippen LogP contribution in [0.2, 0.25) is 0 Å². The van der Waals surface area contributed by atoms with Gasteiger partial charge >= 0.3 is 0 Å². The second-order valence-corrected chi connectivity index (χ2v) is 7.15. The molecule has 1 radical (unpaired) electrons.